The molecule has 0 saturated carbocycles. The highest BCUT2D eigenvalue weighted by molar-refractivity contribution is 5.92. The van der Waals surface area contributed by atoms with Gasteiger partial charge in [-0.25, -0.2) is 0 Å². The quantitative estimate of drug-likeness (QED) is 0.574. The molecule has 0 bridgehead atoms. The fourth-order valence-electron chi connectivity index (χ4n) is 1.40. The number of likely N-dealkylation sites (N-methyl/N-ethyl adjacent to an activating group) is 1. The van der Waals surface area contributed by atoms with Crippen molar-refractivity contribution in [3.05, 3.63) is 34.4 Å². The van der Waals surface area contributed by atoms with Crippen LogP contribution in [0.15, 0.2) is 24.3 Å². The van der Waals surface area contributed by atoms with E-state index in [1.54, 1.807) is 0 Å². The second-order valence-electron chi connectivity index (χ2n) is 3.92. The lowest BCUT2D eigenvalue weighted by atomic mass is 10.3. The number of non-ortho nitro benzene ring substituents is 1. The molecule has 0 radical (unpaired) electrons. The molecular weight excluding hydrogens is 254 g/mol. The van der Waals surface area contributed by atoms with Gasteiger partial charge in [-0.15, -0.1) is 0 Å². The first kappa shape index (κ1) is 14.6. The van der Waals surface area contributed by atoms with Crippen molar-refractivity contribution in [1.82, 2.24) is 4.90 Å². The number of hydrogen-bond acceptors (Lipinski definition) is 5. The number of aliphatic carboxylic acids is 1. The van der Waals surface area contributed by atoms with Crippen LogP contribution in [-0.4, -0.2) is 46.9 Å². The molecule has 0 heterocycles. The van der Waals surface area contributed by atoms with E-state index >= 15 is 0 Å². The molecule has 0 saturated heterocycles. The van der Waals surface area contributed by atoms with Crippen LogP contribution in [-0.2, 0) is 9.59 Å². The van der Waals surface area contributed by atoms with Crippen molar-refractivity contribution in [3.63, 3.8) is 0 Å². The van der Waals surface area contributed by atoms with E-state index in [0.717, 1.165) is 0 Å². The summed E-state index contributed by atoms with van der Waals surface area (Å²) in [5.41, 5.74) is 0.348. The van der Waals surface area contributed by atoms with E-state index in [2.05, 4.69) is 5.32 Å². The normalized spacial score (nSPS) is 10.2. The van der Waals surface area contributed by atoms with Crippen LogP contribution in [0.5, 0.6) is 0 Å². The molecule has 0 aliphatic carbocycles. The van der Waals surface area contributed by atoms with Crippen LogP contribution in [0.1, 0.15) is 0 Å². The molecule has 1 amide bonds. The summed E-state index contributed by atoms with van der Waals surface area (Å²) in [7, 11) is 1.50. The van der Waals surface area contributed by atoms with Crippen LogP contribution in [0.3, 0.4) is 0 Å². The fourth-order valence-corrected chi connectivity index (χ4v) is 1.40. The maximum absolute atomic E-state index is 11.5. The van der Waals surface area contributed by atoms with Gasteiger partial charge in [-0.1, -0.05) is 0 Å². The number of rotatable bonds is 6. The van der Waals surface area contributed by atoms with E-state index in [4.69, 9.17) is 5.11 Å². The Morgan fingerprint density at radius 2 is 1.89 bits per heavy atom. The summed E-state index contributed by atoms with van der Waals surface area (Å²) in [6.45, 7) is -0.322. The van der Waals surface area contributed by atoms with Crippen LogP contribution in [0, 0.1) is 10.1 Å². The van der Waals surface area contributed by atoms with Crippen LogP contribution in [0.2, 0.25) is 0 Å². The maximum Gasteiger partial charge on any atom is 0.317 e. The third-order valence-electron chi connectivity index (χ3n) is 2.18. The second kappa shape index (κ2) is 6.45. The zero-order valence-electron chi connectivity index (χ0n) is 10.2. The van der Waals surface area contributed by atoms with Crippen molar-refractivity contribution in [3.8, 4) is 0 Å². The van der Waals surface area contributed by atoms with Gasteiger partial charge in [-0.05, 0) is 19.2 Å². The van der Waals surface area contributed by atoms with Crippen LogP contribution < -0.4 is 5.32 Å². The highest BCUT2D eigenvalue weighted by Crippen LogP contribution is 2.15. The van der Waals surface area contributed by atoms with Gasteiger partial charge in [0.15, 0.2) is 0 Å². The number of benzene rings is 1. The molecule has 1 rings (SSSR count). The number of nitro benzene ring substituents is 1. The lowest BCUT2D eigenvalue weighted by Gasteiger charge is -2.13. The number of hydrogen-bond donors (Lipinski definition) is 2. The highest BCUT2D eigenvalue weighted by Gasteiger charge is 2.10. The maximum atomic E-state index is 11.5. The molecule has 2 N–H and O–H groups in total. The van der Waals surface area contributed by atoms with Gasteiger partial charge in [0.2, 0.25) is 5.91 Å². The average molecular weight is 267 g/mol. The van der Waals surface area contributed by atoms with Gasteiger partial charge in [0.05, 0.1) is 18.0 Å². The summed E-state index contributed by atoms with van der Waals surface area (Å²) < 4.78 is 0. The zero-order valence-corrected chi connectivity index (χ0v) is 10.2. The molecule has 0 aliphatic heterocycles. The summed E-state index contributed by atoms with van der Waals surface area (Å²) in [6.07, 6.45) is 0. The average Bonchev–Trinajstić information content (AvgIpc) is 2.27. The first-order chi connectivity index (χ1) is 8.88. The Balaban J connectivity index is 2.52. The number of carbonyl (C=O) groups excluding carboxylic acids is 1. The monoisotopic (exact) mass is 267 g/mol. The third kappa shape index (κ3) is 5.13. The molecule has 0 aliphatic rings. The van der Waals surface area contributed by atoms with Crippen LogP contribution in [0.4, 0.5) is 11.4 Å². The van der Waals surface area contributed by atoms with Gasteiger partial charge in [-0.3, -0.25) is 24.6 Å². The highest BCUT2D eigenvalue weighted by atomic mass is 16.6. The molecular formula is C11H13N3O5. The first-order valence-corrected chi connectivity index (χ1v) is 5.33. The number of nitrogens with zero attached hydrogens (tertiary/aromatic N) is 2. The third-order valence-corrected chi connectivity index (χ3v) is 2.18. The van der Waals surface area contributed by atoms with Gasteiger partial charge in [0, 0.05) is 17.8 Å². The van der Waals surface area contributed by atoms with E-state index in [0.29, 0.717) is 5.69 Å². The molecule has 19 heavy (non-hydrogen) atoms. The Morgan fingerprint density at radius 1 is 1.32 bits per heavy atom. The van der Waals surface area contributed by atoms with Crippen molar-refractivity contribution in [2.75, 3.05) is 25.5 Å². The molecule has 102 valence electrons. The molecule has 8 nitrogen and oxygen atoms in total. The molecule has 8 heteroatoms. The van der Waals surface area contributed by atoms with Gasteiger partial charge >= 0.3 is 5.97 Å². The largest absolute Gasteiger partial charge is 0.480 e. The number of carboxylic acid groups (broad SMARTS) is 1. The molecule has 1 aromatic rings. The summed E-state index contributed by atoms with van der Waals surface area (Å²) in [6, 6.07) is 5.37. The van der Waals surface area contributed by atoms with Gasteiger partial charge in [0.1, 0.15) is 0 Å². The van der Waals surface area contributed by atoms with Gasteiger partial charge in [-0.2, -0.15) is 0 Å². The van der Waals surface area contributed by atoms with E-state index in [1.807, 2.05) is 0 Å². The number of carbonyl (C=O) groups is 2. The predicted molar refractivity (Wildman–Crippen MR) is 66.9 cm³/mol. The molecule has 1 aromatic carbocycles. The first-order valence-electron chi connectivity index (χ1n) is 5.33. The SMILES string of the molecule is CN(CC(=O)O)CC(=O)Nc1ccc([N+](=O)[O-])cc1. The Kier molecular flexibility index (Phi) is 4.95. The molecule has 0 aromatic heterocycles. The smallest absolute Gasteiger partial charge is 0.317 e. The molecule has 0 atom stereocenters. The Labute approximate surface area is 108 Å². The standard InChI is InChI=1S/C11H13N3O5/c1-13(7-11(16)17)6-10(15)12-8-2-4-9(5-3-8)14(18)19/h2-5H,6-7H2,1H3,(H,12,15)(H,16,17). The van der Waals surface area contributed by atoms with E-state index in [-0.39, 0.29) is 18.8 Å². The van der Waals surface area contributed by atoms with Gasteiger partial charge < -0.3 is 10.4 Å². The lowest BCUT2D eigenvalue weighted by Crippen LogP contribution is -2.33. The zero-order chi connectivity index (χ0) is 14.4. The summed E-state index contributed by atoms with van der Waals surface area (Å²) in [5, 5.41) is 21.5. The summed E-state index contributed by atoms with van der Waals surface area (Å²) in [4.78, 5) is 33.2. The number of nitro groups is 1. The minimum Gasteiger partial charge on any atom is -0.480 e. The van der Waals surface area contributed by atoms with E-state index in [9.17, 15) is 19.7 Å². The summed E-state index contributed by atoms with van der Waals surface area (Å²) >= 11 is 0. The van der Waals surface area contributed by atoms with E-state index in [1.165, 1.54) is 36.2 Å². The summed E-state index contributed by atoms with van der Waals surface area (Å²) in [5.74, 6) is -1.41. The topological polar surface area (TPSA) is 113 Å². The van der Waals surface area contributed by atoms with Gasteiger partial charge in [0.25, 0.3) is 5.69 Å². The fraction of sp³-hybridized carbons (Fsp3) is 0.273. The number of nitrogens with one attached hydrogen (secondary N) is 1. The predicted octanol–water partition coefficient (Wildman–Crippen LogP) is 0.550. The van der Waals surface area contributed by atoms with Crippen molar-refractivity contribution in [2.45, 2.75) is 0 Å². The molecule has 0 spiro atoms. The van der Waals surface area contributed by atoms with Crippen molar-refractivity contribution in [2.24, 2.45) is 0 Å². The van der Waals surface area contributed by atoms with E-state index < -0.39 is 16.8 Å². The minimum atomic E-state index is -1.02. The van der Waals surface area contributed by atoms with Crippen LogP contribution >= 0.6 is 0 Å². The Bertz CT molecular complexity index is 486. The Morgan fingerprint density at radius 3 is 2.37 bits per heavy atom. The van der Waals surface area contributed by atoms with Crippen molar-refractivity contribution in [1.29, 1.82) is 0 Å². The Hall–Kier alpha value is -2.48. The number of amides is 1. The minimum absolute atomic E-state index is 0.0685. The number of anilines is 1. The molecule has 0 fully saturated rings. The van der Waals surface area contributed by atoms with Crippen molar-refractivity contribution < 1.29 is 19.6 Å². The van der Waals surface area contributed by atoms with Crippen LogP contribution in [0.25, 0.3) is 0 Å². The molecule has 0 unspecified atom stereocenters. The number of carboxylic acids is 1. The second-order valence-corrected chi connectivity index (χ2v) is 3.92. The van der Waals surface area contributed by atoms with Crippen molar-refractivity contribution >= 4 is 23.3 Å². The lowest BCUT2D eigenvalue weighted by molar-refractivity contribution is -0.384.